The van der Waals surface area contributed by atoms with E-state index in [0.717, 1.165) is 5.56 Å². The molecule has 98 valence electrons. The van der Waals surface area contributed by atoms with Gasteiger partial charge >= 0.3 is 0 Å². The molecule has 1 saturated heterocycles. The van der Waals surface area contributed by atoms with Gasteiger partial charge in [0.2, 0.25) is 5.91 Å². The van der Waals surface area contributed by atoms with Crippen LogP contribution in [0.1, 0.15) is 36.9 Å². The Hall–Kier alpha value is -1.42. The molecule has 0 saturated carbocycles. The summed E-state index contributed by atoms with van der Waals surface area (Å²) in [5.41, 5.74) is 7.51. The largest absolute Gasteiger partial charge is 0.334 e. The number of carbonyl (C=O) groups excluding carboxylic acids is 1. The summed E-state index contributed by atoms with van der Waals surface area (Å²) in [5, 5.41) is 0. The van der Waals surface area contributed by atoms with Gasteiger partial charge in [-0.05, 0) is 37.5 Å². The number of nitrogens with two attached hydrogens (primary N) is 1. The van der Waals surface area contributed by atoms with E-state index in [9.17, 15) is 9.18 Å². The number of piperidine rings is 1. The number of carbonyl (C=O) groups is 1. The molecule has 0 aliphatic carbocycles. The molecule has 2 N–H and O–H groups in total. The number of likely N-dealkylation sites (N-methyl/N-ethyl adjacent to an activating group) is 1. The van der Waals surface area contributed by atoms with Crippen LogP contribution < -0.4 is 5.73 Å². The first-order chi connectivity index (χ1) is 8.54. The van der Waals surface area contributed by atoms with Crippen molar-refractivity contribution in [3.63, 3.8) is 0 Å². The number of rotatable bonds is 2. The molecule has 4 heteroatoms. The van der Waals surface area contributed by atoms with Gasteiger partial charge < -0.3 is 10.6 Å². The van der Waals surface area contributed by atoms with Gasteiger partial charge in [-0.1, -0.05) is 12.1 Å². The van der Waals surface area contributed by atoms with Crippen molar-refractivity contribution in [1.82, 2.24) is 4.90 Å². The first kappa shape index (κ1) is 13.0. The Morgan fingerprint density at radius 2 is 2.22 bits per heavy atom. The molecule has 2 unspecified atom stereocenters. The molecule has 2 atom stereocenters. The van der Waals surface area contributed by atoms with Gasteiger partial charge in [-0.15, -0.1) is 0 Å². The van der Waals surface area contributed by atoms with E-state index in [1.54, 1.807) is 17.9 Å². The van der Waals surface area contributed by atoms with Crippen LogP contribution in [0.4, 0.5) is 4.39 Å². The fourth-order valence-corrected chi connectivity index (χ4v) is 2.57. The molecule has 18 heavy (non-hydrogen) atoms. The molecule has 1 aliphatic rings. The van der Waals surface area contributed by atoms with Crippen molar-refractivity contribution in [3.8, 4) is 0 Å². The number of benzene rings is 1. The highest BCUT2D eigenvalue weighted by molar-refractivity contribution is 5.77. The van der Waals surface area contributed by atoms with Crippen LogP contribution >= 0.6 is 0 Å². The molecule has 1 aromatic rings. The summed E-state index contributed by atoms with van der Waals surface area (Å²) in [6.45, 7) is 4.25. The highest BCUT2D eigenvalue weighted by Crippen LogP contribution is 2.31. The Kier molecular flexibility index (Phi) is 3.66. The van der Waals surface area contributed by atoms with Crippen LogP contribution in [0.15, 0.2) is 18.2 Å². The first-order valence-electron chi connectivity index (χ1n) is 6.35. The van der Waals surface area contributed by atoms with Crippen LogP contribution in [0.2, 0.25) is 0 Å². The van der Waals surface area contributed by atoms with Crippen molar-refractivity contribution in [2.24, 2.45) is 5.73 Å². The van der Waals surface area contributed by atoms with E-state index in [0.29, 0.717) is 24.9 Å². The second-order valence-electron chi connectivity index (χ2n) is 4.84. The Balaban J connectivity index is 2.38. The zero-order chi connectivity index (χ0) is 13.3. The molecule has 0 bridgehead atoms. The van der Waals surface area contributed by atoms with Gasteiger partial charge in [0.1, 0.15) is 5.82 Å². The van der Waals surface area contributed by atoms with Crippen LogP contribution in [0.3, 0.4) is 0 Å². The number of amides is 1. The van der Waals surface area contributed by atoms with E-state index in [1.165, 1.54) is 6.07 Å². The average molecular weight is 250 g/mol. The molecule has 2 rings (SSSR count). The van der Waals surface area contributed by atoms with E-state index >= 15 is 0 Å². The second kappa shape index (κ2) is 5.06. The normalized spacial score (nSPS) is 24.4. The molecular formula is C14H19FN2O. The number of nitrogens with zero attached hydrogens (tertiary/aromatic N) is 1. The quantitative estimate of drug-likeness (QED) is 0.874. The summed E-state index contributed by atoms with van der Waals surface area (Å²) in [6, 6.07) is 4.78. The highest BCUT2D eigenvalue weighted by atomic mass is 19.1. The van der Waals surface area contributed by atoms with E-state index in [1.807, 2.05) is 13.0 Å². The summed E-state index contributed by atoms with van der Waals surface area (Å²) in [5.74, 6) is -0.140. The average Bonchev–Trinajstić information content (AvgIpc) is 2.35. The van der Waals surface area contributed by atoms with Crippen LogP contribution in [0.25, 0.3) is 0 Å². The minimum atomic E-state index is -0.242. The standard InChI is InChI=1S/C14H19FN2O/c1-3-17-13(18)7-6-12(16)14(17)10-5-4-9(2)11(15)8-10/h4-5,8,12,14H,3,6-7,16H2,1-2H3. The predicted octanol–water partition coefficient (Wildman–Crippen LogP) is 2.14. The molecule has 1 aromatic carbocycles. The van der Waals surface area contributed by atoms with Crippen LogP contribution in [-0.2, 0) is 4.79 Å². The fourth-order valence-electron chi connectivity index (χ4n) is 2.57. The third-order valence-electron chi connectivity index (χ3n) is 3.63. The van der Waals surface area contributed by atoms with Gasteiger partial charge in [0, 0.05) is 19.0 Å². The van der Waals surface area contributed by atoms with E-state index in [-0.39, 0.29) is 23.8 Å². The Morgan fingerprint density at radius 3 is 2.83 bits per heavy atom. The van der Waals surface area contributed by atoms with Crippen molar-refractivity contribution in [2.75, 3.05) is 6.54 Å². The lowest BCUT2D eigenvalue weighted by Crippen LogP contribution is -2.48. The van der Waals surface area contributed by atoms with Crippen molar-refractivity contribution in [2.45, 2.75) is 38.8 Å². The van der Waals surface area contributed by atoms with Crippen LogP contribution in [0, 0.1) is 12.7 Å². The number of hydrogen-bond donors (Lipinski definition) is 1. The lowest BCUT2D eigenvalue weighted by atomic mass is 9.90. The summed E-state index contributed by atoms with van der Waals surface area (Å²) in [6.07, 6.45) is 1.15. The van der Waals surface area contributed by atoms with Gasteiger partial charge in [0.25, 0.3) is 0 Å². The van der Waals surface area contributed by atoms with Gasteiger partial charge in [0.15, 0.2) is 0 Å². The van der Waals surface area contributed by atoms with Crippen LogP contribution in [0.5, 0.6) is 0 Å². The first-order valence-corrected chi connectivity index (χ1v) is 6.35. The third kappa shape index (κ3) is 2.25. The minimum absolute atomic E-state index is 0.102. The molecule has 0 aromatic heterocycles. The maximum absolute atomic E-state index is 13.6. The molecule has 1 fully saturated rings. The summed E-state index contributed by atoms with van der Waals surface area (Å²) < 4.78 is 13.6. The Bertz CT molecular complexity index is 461. The van der Waals surface area contributed by atoms with E-state index in [4.69, 9.17) is 5.73 Å². The van der Waals surface area contributed by atoms with E-state index in [2.05, 4.69) is 0 Å². The van der Waals surface area contributed by atoms with Crippen molar-refractivity contribution in [1.29, 1.82) is 0 Å². The second-order valence-corrected chi connectivity index (χ2v) is 4.84. The smallest absolute Gasteiger partial charge is 0.223 e. The van der Waals surface area contributed by atoms with Crippen LogP contribution in [-0.4, -0.2) is 23.4 Å². The number of halogens is 1. The number of likely N-dealkylation sites (tertiary alicyclic amines) is 1. The molecule has 1 heterocycles. The molecule has 3 nitrogen and oxygen atoms in total. The third-order valence-corrected chi connectivity index (χ3v) is 3.63. The van der Waals surface area contributed by atoms with Gasteiger partial charge in [-0.25, -0.2) is 4.39 Å². The molecule has 0 spiro atoms. The number of hydrogen-bond acceptors (Lipinski definition) is 2. The van der Waals surface area contributed by atoms with Gasteiger partial charge in [-0.3, -0.25) is 4.79 Å². The summed E-state index contributed by atoms with van der Waals surface area (Å²) in [7, 11) is 0. The zero-order valence-electron chi connectivity index (χ0n) is 10.8. The van der Waals surface area contributed by atoms with Gasteiger partial charge in [-0.2, -0.15) is 0 Å². The van der Waals surface area contributed by atoms with E-state index < -0.39 is 0 Å². The predicted molar refractivity (Wildman–Crippen MR) is 68.5 cm³/mol. The van der Waals surface area contributed by atoms with Crippen molar-refractivity contribution in [3.05, 3.63) is 35.1 Å². The highest BCUT2D eigenvalue weighted by Gasteiger charge is 2.34. The zero-order valence-corrected chi connectivity index (χ0v) is 10.8. The molecule has 0 radical (unpaired) electrons. The topological polar surface area (TPSA) is 46.3 Å². The monoisotopic (exact) mass is 250 g/mol. The SMILES string of the molecule is CCN1C(=O)CCC(N)C1c1ccc(C)c(F)c1. The fraction of sp³-hybridized carbons (Fsp3) is 0.500. The molecular weight excluding hydrogens is 231 g/mol. The molecule has 1 aliphatic heterocycles. The lowest BCUT2D eigenvalue weighted by Gasteiger charge is -2.39. The number of aryl methyl sites for hydroxylation is 1. The van der Waals surface area contributed by atoms with Crippen molar-refractivity contribution < 1.29 is 9.18 Å². The van der Waals surface area contributed by atoms with Gasteiger partial charge in [0.05, 0.1) is 6.04 Å². The lowest BCUT2D eigenvalue weighted by molar-refractivity contribution is -0.137. The molecule has 1 amide bonds. The Labute approximate surface area is 107 Å². The maximum Gasteiger partial charge on any atom is 0.223 e. The summed E-state index contributed by atoms with van der Waals surface area (Å²) in [4.78, 5) is 13.6. The Morgan fingerprint density at radius 1 is 1.50 bits per heavy atom. The minimum Gasteiger partial charge on any atom is -0.334 e. The maximum atomic E-state index is 13.6. The summed E-state index contributed by atoms with van der Waals surface area (Å²) >= 11 is 0. The van der Waals surface area contributed by atoms with Crippen molar-refractivity contribution >= 4 is 5.91 Å².